The molecule has 3 nitrogen and oxygen atoms in total. The zero-order valence-corrected chi connectivity index (χ0v) is 12.0. The standard InChI is InChI=1S/C11H16ClNO2S2/c1-9(10-3-5-11(12)6-4-10)16-7-2-8-17(13,14)15/h3-6,9H,2,7-8H2,1H3,(H2,13,14,15). The number of benzene rings is 1. The highest BCUT2D eigenvalue weighted by Crippen LogP contribution is 2.29. The van der Waals surface area contributed by atoms with E-state index in [-0.39, 0.29) is 5.75 Å². The van der Waals surface area contributed by atoms with Crippen LogP contribution in [0, 0.1) is 0 Å². The molecule has 2 N–H and O–H groups in total. The number of rotatable bonds is 6. The summed E-state index contributed by atoms with van der Waals surface area (Å²) in [5, 5.41) is 5.98. The van der Waals surface area contributed by atoms with Gasteiger partial charge in [-0.2, -0.15) is 11.8 Å². The van der Waals surface area contributed by atoms with Crippen molar-refractivity contribution in [1.82, 2.24) is 0 Å². The van der Waals surface area contributed by atoms with Gasteiger partial charge in [0.25, 0.3) is 0 Å². The Morgan fingerprint density at radius 3 is 2.47 bits per heavy atom. The lowest BCUT2D eigenvalue weighted by Gasteiger charge is -2.11. The van der Waals surface area contributed by atoms with Crippen molar-refractivity contribution in [2.75, 3.05) is 11.5 Å². The SMILES string of the molecule is CC(SCCCS(N)(=O)=O)c1ccc(Cl)cc1. The van der Waals surface area contributed by atoms with E-state index in [1.54, 1.807) is 11.8 Å². The van der Waals surface area contributed by atoms with Crippen LogP contribution in [0.4, 0.5) is 0 Å². The molecular weight excluding hydrogens is 278 g/mol. The Hall–Kier alpha value is -0.230. The molecule has 1 aromatic rings. The molecule has 1 atom stereocenters. The minimum absolute atomic E-state index is 0.0489. The fourth-order valence-electron chi connectivity index (χ4n) is 1.35. The van der Waals surface area contributed by atoms with E-state index in [2.05, 4.69) is 6.92 Å². The molecule has 0 amide bonds. The van der Waals surface area contributed by atoms with Crippen LogP contribution in [0.15, 0.2) is 24.3 Å². The van der Waals surface area contributed by atoms with Crippen LogP contribution in [-0.4, -0.2) is 19.9 Å². The van der Waals surface area contributed by atoms with Gasteiger partial charge >= 0.3 is 0 Å². The summed E-state index contributed by atoms with van der Waals surface area (Å²) in [6, 6.07) is 7.69. The monoisotopic (exact) mass is 293 g/mol. The highest BCUT2D eigenvalue weighted by molar-refractivity contribution is 7.99. The highest BCUT2D eigenvalue weighted by Gasteiger charge is 2.07. The first-order valence-electron chi connectivity index (χ1n) is 5.26. The van der Waals surface area contributed by atoms with Gasteiger partial charge in [-0.25, -0.2) is 13.6 Å². The van der Waals surface area contributed by atoms with Crippen molar-refractivity contribution in [2.24, 2.45) is 5.14 Å². The second-order valence-corrected chi connectivity index (χ2v) is 7.40. The lowest BCUT2D eigenvalue weighted by molar-refractivity contribution is 0.596. The summed E-state index contributed by atoms with van der Waals surface area (Å²) >= 11 is 7.52. The van der Waals surface area contributed by atoms with Crippen molar-refractivity contribution >= 4 is 33.4 Å². The molecule has 0 bridgehead atoms. The molecule has 0 aliphatic rings. The highest BCUT2D eigenvalue weighted by atomic mass is 35.5. The molecule has 0 aliphatic carbocycles. The van der Waals surface area contributed by atoms with Gasteiger partial charge in [-0.3, -0.25) is 0 Å². The van der Waals surface area contributed by atoms with Gasteiger partial charge in [-0.15, -0.1) is 0 Å². The first kappa shape index (κ1) is 14.8. The van der Waals surface area contributed by atoms with Crippen molar-refractivity contribution in [3.05, 3.63) is 34.9 Å². The van der Waals surface area contributed by atoms with Crippen molar-refractivity contribution in [3.8, 4) is 0 Å². The van der Waals surface area contributed by atoms with Crippen LogP contribution < -0.4 is 5.14 Å². The zero-order valence-electron chi connectivity index (χ0n) is 9.60. The van der Waals surface area contributed by atoms with Crippen molar-refractivity contribution in [3.63, 3.8) is 0 Å². The summed E-state index contributed by atoms with van der Waals surface area (Å²) in [5.74, 6) is 0.827. The van der Waals surface area contributed by atoms with Crippen molar-refractivity contribution in [2.45, 2.75) is 18.6 Å². The first-order chi connectivity index (χ1) is 7.88. The van der Waals surface area contributed by atoms with E-state index >= 15 is 0 Å². The third-order valence-corrected chi connectivity index (χ3v) is 4.69. The Morgan fingerprint density at radius 2 is 1.94 bits per heavy atom. The van der Waals surface area contributed by atoms with Crippen LogP contribution in [0.5, 0.6) is 0 Å². The molecule has 0 radical (unpaired) electrons. The number of nitrogens with two attached hydrogens (primary N) is 1. The van der Waals surface area contributed by atoms with Gasteiger partial charge in [0, 0.05) is 10.3 Å². The zero-order chi connectivity index (χ0) is 12.9. The first-order valence-corrected chi connectivity index (χ1v) is 8.40. The summed E-state index contributed by atoms with van der Waals surface area (Å²) in [4.78, 5) is 0. The average Bonchev–Trinajstić information content (AvgIpc) is 2.24. The lowest BCUT2D eigenvalue weighted by atomic mass is 10.2. The molecule has 96 valence electrons. The number of halogens is 1. The van der Waals surface area contributed by atoms with Crippen LogP contribution in [0.2, 0.25) is 5.02 Å². The summed E-state index contributed by atoms with van der Waals surface area (Å²) in [5.41, 5.74) is 1.19. The quantitative estimate of drug-likeness (QED) is 0.821. The number of sulfonamides is 1. The van der Waals surface area contributed by atoms with E-state index < -0.39 is 10.0 Å². The van der Waals surface area contributed by atoms with E-state index in [0.29, 0.717) is 11.7 Å². The Kier molecular flexibility index (Phi) is 5.79. The maximum atomic E-state index is 10.7. The number of primary sulfonamides is 1. The lowest BCUT2D eigenvalue weighted by Crippen LogP contribution is -2.16. The van der Waals surface area contributed by atoms with Gasteiger partial charge in [0.05, 0.1) is 5.75 Å². The van der Waals surface area contributed by atoms with Gasteiger partial charge in [-0.1, -0.05) is 23.7 Å². The Labute approximate surface area is 112 Å². The van der Waals surface area contributed by atoms with E-state index in [1.165, 1.54) is 5.56 Å². The molecular formula is C11H16ClNO2S2. The van der Waals surface area contributed by atoms with Gasteiger partial charge in [-0.05, 0) is 36.8 Å². The molecule has 17 heavy (non-hydrogen) atoms. The van der Waals surface area contributed by atoms with Gasteiger partial charge in [0.1, 0.15) is 0 Å². The number of hydrogen-bond donors (Lipinski definition) is 1. The molecule has 0 saturated heterocycles. The largest absolute Gasteiger partial charge is 0.229 e. The fourth-order valence-corrected chi connectivity index (χ4v) is 3.22. The normalized spacial score (nSPS) is 13.6. The number of thioether (sulfide) groups is 1. The third-order valence-electron chi connectivity index (χ3n) is 2.28. The average molecular weight is 294 g/mol. The van der Waals surface area contributed by atoms with Crippen LogP contribution in [0.25, 0.3) is 0 Å². The fraction of sp³-hybridized carbons (Fsp3) is 0.455. The Balaban J connectivity index is 2.35. The van der Waals surface area contributed by atoms with E-state index in [0.717, 1.165) is 10.8 Å². The van der Waals surface area contributed by atoms with Crippen LogP contribution >= 0.6 is 23.4 Å². The van der Waals surface area contributed by atoms with Crippen LogP contribution in [0.3, 0.4) is 0 Å². The Bertz CT molecular complexity index is 445. The topological polar surface area (TPSA) is 60.2 Å². The van der Waals surface area contributed by atoms with Gasteiger partial charge in [0.2, 0.25) is 10.0 Å². The molecule has 0 aromatic heterocycles. The smallest absolute Gasteiger partial charge is 0.209 e. The summed E-state index contributed by atoms with van der Waals surface area (Å²) in [6.07, 6.45) is 0.585. The van der Waals surface area contributed by atoms with Gasteiger partial charge < -0.3 is 0 Å². The Morgan fingerprint density at radius 1 is 1.35 bits per heavy atom. The maximum Gasteiger partial charge on any atom is 0.209 e. The van der Waals surface area contributed by atoms with Gasteiger partial charge in [0.15, 0.2) is 0 Å². The molecule has 0 heterocycles. The predicted octanol–water partition coefficient (Wildman–Crippen LogP) is 2.81. The molecule has 0 saturated carbocycles. The van der Waals surface area contributed by atoms with Crippen molar-refractivity contribution < 1.29 is 8.42 Å². The summed E-state index contributed by atoms with van der Waals surface area (Å²) < 4.78 is 21.5. The summed E-state index contributed by atoms with van der Waals surface area (Å²) in [7, 11) is -3.32. The summed E-state index contributed by atoms with van der Waals surface area (Å²) in [6.45, 7) is 2.09. The molecule has 1 aromatic carbocycles. The molecule has 0 spiro atoms. The minimum atomic E-state index is -3.32. The molecule has 6 heteroatoms. The van der Waals surface area contributed by atoms with Crippen molar-refractivity contribution in [1.29, 1.82) is 0 Å². The maximum absolute atomic E-state index is 10.7. The minimum Gasteiger partial charge on any atom is -0.229 e. The molecule has 1 rings (SSSR count). The second-order valence-electron chi connectivity index (χ2n) is 3.79. The van der Waals surface area contributed by atoms with E-state index in [1.807, 2.05) is 24.3 Å². The van der Waals surface area contributed by atoms with Crippen LogP contribution in [0.1, 0.15) is 24.2 Å². The third kappa shape index (κ3) is 6.31. The van der Waals surface area contributed by atoms with Crippen LogP contribution in [-0.2, 0) is 10.0 Å². The van der Waals surface area contributed by atoms with E-state index in [9.17, 15) is 8.42 Å². The predicted molar refractivity (Wildman–Crippen MR) is 74.9 cm³/mol. The molecule has 0 fully saturated rings. The number of hydrogen-bond acceptors (Lipinski definition) is 3. The van der Waals surface area contributed by atoms with E-state index in [4.69, 9.17) is 16.7 Å². The molecule has 0 aliphatic heterocycles. The molecule has 1 unspecified atom stereocenters. The second kappa shape index (κ2) is 6.64.